The van der Waals surface area contributed by atoms with Crippen LogP contribution >= 0.6 is 11.3 Å². The van der Waals surface area contributed by atoms with E-state index in [2.05, 4.69) is 0 Å². The summed E-state index contributed by atoms with van der Waals surface area (Å²) in [6.07, 6.45) is -0.0756. The summed E-state index contributed by atoms with van der Waals surface area (Å²) in [4.78, 5) is 12.6. The number of carbonyl (C=O) groups is 1. The van der Waals surface area contributed by atoms with Crippen LogP contribution in [-0.4, -0.2) is 5.78 Å². The van der Waals surface area contributed by atoms with Crippen molar-refractivity contribution in [1.82, 2.24) is 0 Å². The Hall–Kier alpha value is -1.59. The molecule has 2 aromatic rings. The van der Waals surface area contributed by atoms with Crippen LogP contribution in [-0.2, 0) is 11.2 Å². The summed E-state index contributed by atoms with van der Waals surface area (Å²) < 4.78 is 25.9. The molecule has 1 atom stereocenters. The highest BCUT2D eigenvalue weighted by Crippen LogP contribution is 2.19. The van der Waals surface area contributed by atoms with Crippen molar-refractivity contribution in [3.05, 3.63) is 57.8 Å². The summed E-state index contributed by atoms with van der Waals surface area (Å²) in [5, 5.41) is 1.82. The molecule has 1 aromatic heterocycles. The summed E-state index contributed by atoms with van der Waals surface area (Å²) in [6, 6.07) is 5.88. The minimum Gasteiger partial charge on any atom is -0.317 e. The van der Waals surface area contributed by atoms with Crippen molar-refractivity contribution in [3.8, 4) is 0 Å². The highest BCUT2D eigenvalue weighted by Gasteiger charge is 2.17. The lowest BCUT2D eigenvalue weighted by molar-refractivity contribution is -0.119. The fourth-order valence-corrected chi connectivity index (χ4v) is 2.40. The Morgan fingerprint density at radius 1 is 1.28 bits per heavy atom. The zero-order chi connectivity index (χ0) is 13.1. The normalized spacial score (nSPS) is 12.4. The first-order chi connectivity index (χ1) is 8.56. The molecule has 0 aliphatic rings. The second-order valence-electron chi connectivity index (χ2n) is 3.91. The van der Waals surface area contributed by atoms with Crippen LogP contribution in [0.3, 0.4) is 0 Å². The third-order valence-corrected chi connectivity index (χ3v) is 3.45. The van der Waals surface area contributed by atoms with Crippen LogP contribution in [0.1, 0.15) is 16.5 Å². The number of thiophene rings is 1. The number of hydrogen-bond donors (Lipinski definition) is 1. The predicted octanol–water partition coefficient (Wildman–Crippen LogP) is 2.84. The summed E-state index contributed by atoms with van der Waals surface area (Å²) in [7, 11) is 0. The molecular weight excluding hydrogens is 256 g/mol. The molecule has 0 spiro atoms. The lowest BCUT2D eigenvalue weighted by atomic mass is 10.0. The first-order valence-corrected chi connectivity index (χ1v) is 6.21. The number of carbonyl (C=O) groups excluding carboxylic acids is 1. The number of hydrogen-bond acceptors (Lipinski definition) is 3. The molecule has 0 aliphatic heterocycles. The van der Waals surface area contributed by atoms with Gasteiger partial charge in [-0.2, -0.15) is 0 Å². The average Bonchev–Trinajstić information content (AvgIpc) is 2.79. The minimum absolute atomic E-state index is 0.0756. The van der Waals surface area contributed by atoms with Crippen LogP contribution in [0.5, 0.6) is 0 Å². The fraction of sp³-hybridized carbons (Fsp3) is 0.154. The molecule has 1 unspecified atom stereocenters. The minimum atomic E-state index is -0.740. The van der Waals surface area contributed by atoms with Crippen LogP contribution in [0.2, 0.25) is 0 Å². The fourth-order valence-electron chi connectivity index (χ4n) is 1.65. The van der Waals surface area contributed by atoms with Gasteiger partial charge >= 0.3 is 0 Å². The Balaban J connectivity index is 2.11. The van der Waals surface area contributed by atoms with Crippen molar-refractivity contribution >= 4 is 17.1 Å². The van der Waals surface area contributed by atoms with Crippen molar-refractivity contribution in [2.45, 2.75) is 12.5 Å². The number of ketones is 1. The number of Topliss-reactive ketones (excluding diaryl/α,β-unsaturated/α-hetero) is 1. The van der Waals surface area contributed by atoms with Gasteiger partial charge in [-0.1, -0.05) is 6.07 Å². The molecule has 0 saturated carbocycles. The van der Waals surface area contributed by atoms with Gasteiger partial charge in [-0.25, -0.2) is 8.78 Å². The van der Waals surface area contributed by atoms with Gasteiger partial charge in [0.15, 0.2) is 5.78 Å². The van der Waals surface area contributed by atoms with E-state index < -0.39 is 17.7 Å². The van der Waals surface area contributed by atoms with Crippen LogP contribution in [0.4, 0.5) is 8.78 Å². The van der Waals surface area contributed by atoms with Crippen molar-refractivity contribution in [2.75, 3.05) is 0 Å². The van der Waals surface area contributed by atoms with Crippen molar-refractivity contribution < 1.29 is 13.6 Å². The zero-order valence-corrected chi connectivity index (χ0v) is 10.2. The van der Waals surface area contributed by atoms with E-state index in [9.17, 15) is 13.6 Å². The maximum atomic E-state index is 13.0. The Morgan fingerprint density at radius 3 is 2.50 bits per heavy atom. The first-order valence-electron chi connectivity index (χ1n) is 5.33. The summed E-state index contributed by atoms with van der Waals surface area (Å²) in [6.45, 7) is 0. The van der Waals surface area contributed by atoms with E-state index in [0.717, 1.165) is 23.1 Å². The predicted molar refractivity (Wildman–Crippen MR) is 66.3 cm³/mol. The maximum Gasteiger partial charge on any atom is 0.159 e. The molecule has 0 fully saturated rings. The summed E-state index contributed by atoms with van der Waals surface area (Å²) >= 11 is 1.38. The van der Waals surface area contributed by atoms with Crippen LogP contribution in [0, 0.1) is 11.6 Å². The number of halogens is 2. The number of nitrogens with two attached hydrogens (primary N) is 1. The van der Waals surface area contributed by atoms with Gasteiger partial charge in [0.1, 0.15) is 11.6 Å². The second-order valence-corrected chi connectivity index (χ2v) is 4.89. The van der Waals surface area contributed by atoms with E-state index in [1.807, 2.05) is 5.38 Å². The lowest BCUT2D eigenvalue weighted by Crippen LogP contribution is -2.22. The van der Waals surface area contributed by atoms with Crippen molar-refractivity contribution in [2.24, 2.45) is 5.73 Å². The molecule has 94 valence electrons. The monoisotopic (exact) mass is 267 g/mol. The van der Waals surface area contributed by atoms with Crippen LogP contribution in [0.25, 0.3) is 0 Å². The number of rotatable bonds is 4. The molecule has 1 aromatic carbocycles. The Kier molecular flexibility index (Phi) is 3.84. The third-order valence-electron chi connectivity index (χ3n) is 2.50. The molecule has 0 aliphatic carbocycles. The molecule has 1 heterocycles. The van der Waals surface area contributed by atoms with Crippen LogP contribution in [0.15, 0.2) is 35.7 Å². The van der Waals surface area contributed by atoms with E-state index in [4.69, 9.17) is 5.73 Å². The second kappa shape index (κ2) is 5.37. The van der Waals surface area contributed by atoms with E-state index in [0.29, 0.717) is 5.56 Å². The van der Waals surface area contributed by atoms with Crippen LogP contribution < -0.4 is 5.73 Å². The zero-order valence-electron chi connectivity index (χ0n) is 9.40. The quantitative estimate of drug-likeness (QED) is 0.925. The third kappa shape index (κ3) is 3.00. The Morgan fingerprint density at radius 2 is 1.94 bits per heavy atom. The van der Waals surface area contributed by atoms with E-state index in [-0.39, 0.29) is 12.2 Å². The highest BCUT2D eigenvalue weighted by molar-refractivity contribution is 7.10. The number of benzene rings is 1. The van der Waals surface area contributed by atoms with Gasteiger partial charge in [0.05, 0.1) is 6.04 Å². The Labute approximate surface area is 107 Å². The highest BCUT2D eigenvalue weighted by atomic mass is 32.1. The molecule has 0 radical (unpaired) electrons. The van der Waals surface area contributed by atoms with E-state index in [1.165, 1.54) is 11.3 Å². The summed E-state index contributed by atoms with van der Waals surface area (Å²) in [5.74, 6) is -1.65. The van der Waals surface area contributed by atoms with Crippen molar-refractivity contribution in [1.29, 1.82) is 0 Å². The molecule has 2 rings (SSSR count). The SMILES string of the molecule is NC(C(=O)Cc1cc(F)cc(F)c1)c1cccs1. The lowest BCUT2D eigenvalue weighted by Gasteiger charge is -2.08. The van der Waals surface area contributed by atoms with Gasteiger partial charge in [-0.05, 0) is 29.1 Å². The van der Waals surface area contributed by atoms with Gasteiger partial charge < -0.3 is 5.73 Å². The summed E-state index contributed by atoms with van der Waals surface area (Å²) in [5.41, 5.74) is 6.08. The average molecular weight is 267 g/mol. The topological polar surface area (TPSA) is 43.1 Å². The van der Waals surface area contributed by atoms with E-state index in [1.54, 1.807) is 12.1 Å². The van der Waals surface area contributed by atoms with E-state index >= 15 is 0 Å². The van der Waals surface area contributed by atoms with Gasteiger partial charge in [0.2, 0.25) is 0 Å². The maximum absolute atomic E-state index is 13.0. The largest absolute Gasteiger partial charge is 0.317 e. The van der Waals surface area contributed by atoms with Gasteiger partial charge in [0.25, 0.3) is 0 Å². The molecule has 0 bridgehead atoms. The van der Waals surface area contributed by atoms with Crippen molar-refractivity contribution in [3.63, 3.8) is 0 Å². The molecule has 0 saturated heterocycles. The van der Waals surface area contributed by atoms with Gasteiger partial charge in [-0.15, -0.1) is 11.3 Å². The Bertz CT molecular complexity index is 534. The van der Waals surface area contributed by atoms with Gasteiger partial charge in [-0.3, -0.25) is 4.79 Å². The molecule has 18 heavy (non-hydrogen) atoms. The molecule has 2 N–H and O–H groups in total. The molecule has 2 nitrogen and oxygen atoms in total. The molecule has 5 heteroatoms. The molecule has 0 amide bonds. The standard InChI is InChI=1S/C13H11F2NOS/c14-9-4-8(5-10(15)7-9)6-11(17)13(16)12-2-1-3-18-12/h1-5,7,13H,6,16H2. The first kappa shape index (κ1) is 12.9. The molecular formula is C13H11F2NOS. The van der Waals surface area contributed by atoms with Gasteiger partial charge in [0, 0.05) is 17.4 Å². The smallest absolute Gasteiger partial charge is 0.159 e.